The average molecular weight is 344 g/mol. The van der Waals surface area contributed by atoms with Crippen LogP contribution in [0.1, 0.15) is 36.3 Å². The van der Waals surface area contributed by atoms with Gasteiger partial charge in [0.15, 0.2) is 0 Å². The average Bonchev–Trinajstić information content (AvgIpc) is 3.26. The van der Waals surface area contributed by atoms with Crippen LogP contribution in [-0.2, 0) is 12.8 Å². The molecule has 3 rings (SSSR count). The normalized spacial score (nSPS) is 15.1. The molecule has 0 saturated heterocycles. The number of aliphatic hydroxyl groups is 1. The quantitative estimate of drug-likeness (QED) is 0.721. The number of aliphatic hydroxyl groups excluding tert-OH is 1. The second kappa shape index (κ2) is 8.07. The first-order valence-corrected chi connectivity index (χ1v) is 8.62. The molecule has 3 N–H and O–H groups in total. The minimum Gasteiger partial charge on any atom is -0.493 e. The molecule has 25 heavy (non-hydrogen) atoms. The molecule has 0 unspecified atom stereocenters. The Kier molecular flexibility index (Phi) is 5.60. The van der Waals surface area contributed by atoms with Crippen LogP contribution in [-0.4, -0.2) is 30.3 Å². The van der Waals surface area contributed by atoms with Gasteiger partial charge in [0.2, 0.25) is 0 Å². The molecule has 2 atom stereocenters. The molecule has 2 amide bonds. The molecule has 0 fully saturated rings. The van der Waals surface area contributed by atoms with Crippen molar-refractivity contribution in [3.05, 3.63) is 53.5 Å². The number of amides is 2. The van der Waals surface area contributed by atoms with Crippen LogP contribution < -0.4 is 15.4 Å². The first-order chi connectivity index (χ1) is 12.1. The van der Waals surface area contributed by atoms with E-state index in [4.69, 9.17) is 9.15 Å². The molecule has 0 spiro atoms. The summed E-state index contributed by atoms with van der Waals surface area (Å²) in [6.45, 7) is 3.16. The minimum atomic E-state index is -0.723. The monoisotopic (exact) mass is 344 g/mol. The van der Waals surface area contributed by atoms with Crippen molar-refractivity contribution in [1.82, 2.24) is 10.6 Å². The van der Waals surface area contributed by atoms with E-state index in [-0.39, 0.29) is 12.1 Å². The second-order valence-corrected chi connectivity index (χ2v) is 6.36. The summed E-state index contributed by atoms with van der Waals surface area (Å²) < 4.78 is 10.7. The number of furan rings is 1. The van der Waals surface area contributed by atoms with E-state index < -0.39 is 6.10 Å². The van der Waals surface area contributed by atoms with Crippen molar-refractivity contribution in [3.8, 4) is 5.75 Å². The third-order valence-electron chi connectivity index (χ3n) is 4.28. The van der Waals surface area contributed by atoms with Crippen molar-refractivity contribution in [2.24, 2.45) is 0 Å². The third kappa shape index (κ3) is 4.76. The van der Waals surface area contributed by atoms with Crippen molar-refractivity contribution >= 4 is 6.03 Å². The summed E-state index contributed by atoms with van der Waals surface area (Å²) in [7, 11) is 0. The van der Waals surface area contributed by atoms with E-state index >= 15 is 0 Å². The molecule has 0 saturated carbocycles. The third-order valence-corrected chi connectivity index (χ3v) is 4.28. The lowest BCUT2D eigenvalue weighted by Gasteiger charge is -2.17. The van der Waals surface area contributed by atoms with Gasteiger partial charge in [-0.05, 0) is 42.7 Å². The molecule has 134 valence electrons. The number of ether oxygens (including phenoxy) is 1. The highest BCUT2D eigenvalue weighted by Gasteiger charge is 2.16. The SMILES string of the molecule is C[C@H](C[C@H](O)c1ccco1)NC(=O)NCCc1ccc2c(c1)CCO2. The summed E-state index contributed by atoms with van der Waals surface area (Å²) in [5, 5.41) is 15.7. The van der Waals surface area contributed by atoms with Crippen LogP contribution in [0.2, 0.25) is 0 Å². The Labute approximate surface area is 147 Å². The van der Waals surface area contributed by atoms with Crippen molar-refractivity contribution < 1.29 is 19.1 Å². The van der Waals surface area contributed by atoms with Crippen LogP contribution >= 0.6 is 0 Å². The Morgan fingerprint density at radius 3 is 3.04 bits per heavy atom. The number of benzene rings is 1. The largest absolute Gasteiger partial charge is 0.493 e. The molecule has 2 aromatic rings. The van der Waals surface area contributed by atoms with E-state index in [1.807, 2.05) is 19.1 Å². The first-order valence-electron chi connectivity index (χ1n) is 8.62. The van der Waals surface area contributed by atoms with Crippen LogP contribution in [0.4, 0.5) is 4.79 Å². The minimum absolute atomic E-state index is 0.169. The van der Waals surface area contributed by atoms with Crippen LogP contribution in [0.3, 0.4) is 0 Å². The molecule has 0 bridgehead atoms. The van der Waals surface area contributed by atoms with Gasteiger partial charge in [-0.3, -0.25) is 0 Å². The molecular formula is C19H24N2O4. The number of hydrogen-bond donors (Lipinski definition) is 3. The fourth-order valence-electron chi connectivity index (χ4n) is 2.98. The highest BCUT2D eigenvalue weighted by atomic mass is 16.5. The standard InChI is InChI=1S/C19H24N2O4/c1-13(11-16(22)18-3-2-9-24-18)21-19(23)20-8-6-14-4-5-17-15(12-14)7-10-25-17/h2-5,9,12-13,16,22H,6-8,10-11H2,1H3,(H2,20,21,23)/t13-,16+/m1/s1. The second-order valence-electron chi connectivity index (χ2n) is 6.36. The zero-order valence-corrected chi connectivity index (χ0v) is 14.3. The van der Waals surface area contributed by atoms with E-state index in [0.29, 0.717) is 18.7 Å². The van der Waals surface area contributed by atoms with Gasteiger partial charge in [-0.15, -0.1) is 0 Å². The number of urea groups is 1. The molecule has 1 aliphatic heterocycles. The summed E-state index contributed by atoms with van der Waals surface area (Å²) in [6.07, 6.45) is 2.91. The lowest BCUT2D eigenvalue weighted by Crippen LogP contribution is -2.42. The molecule has 1 aromatic carbocycles. The number of carbonyl (C=O) groups is 1. The number of hydrogen-bond acceptors (Lipinski definition) is 4. The van der Waals surface area contributed by atoms with Crippen LogP contribution in [0.15, 0.2) is 41.0 Å². The fourth-order valence-corrected chi connectivity index (χ4v) is 2.98. The summed E-state index contributed by atoms with van der Waals surface area (Å²) >= 11 is 0. The zero-order valence-electron chi connectivity index (χ0n) is 14.3. The van der Waals surface area contributed by atoms with Crippen LogP contribution in [0.5, 0.6) is 5.75 Å². The molecule has 0 aliphatic carbocycles. The molecule has 1 aliphatic rings. The van der Waals surface area contributed by atoms with E-state index in [1.54, 1.807) is 12.1 Å². The molecule has 6 heteroatoms. The van der Waals surface area contributed by atoms with Crippen molar-refractivity contribution in [3.63, 3.8) is 0 Å². The van der Waals surface area contributed by atoms with E-state index in [0.717, 1.165) is 25.2 Å². The molecule has 1 aromatic heterocycles. The Morgan fingerprint density at radius 2 is 2.24 bits per heavy atom. The van der Waals surface area contributed by atoms with Gasteiger partial charge in [-0.2, -0.15) is 0 Å². The maximum absolute atomic E-state index is 12.0. The van der Waals surface area contributed by atoms with Gasteiger partial charge in [-0.25, -0.2) is 4.79 Å². The molecule has 2 heterocycles. The van der Waals surface area contributed by atoms with Crippen LogP contribution in [0.25, 0.3) is 0 Å². The predicted molar refractivity (Wildman–Crippen MR) is 93.6 cm³/mol. The highest BCUT2D eigenvalue weighted by Crippen LogP contribution is 2.25. The molecular weight excluding hydrogens is 320 g/mol. The Morgan fingerprint density at radius 1 is 1.36 bits per heavy atom. The van der Waals surface area contributed by atoms with E-state index in [2.05, 4.69) is 16.7 Å². The topological polar surface area (TPSA) is 83.7 Å². The van der Waals surface area contributed by atoms with Gasteiger partial charge in [-0.1, -0.05) is 12.1 Å². The summed E-state index contributed by atoms with van der Waals surface area (Å²) in [4.78, 5) is 12.0. The zero-order chi connectivity index (χ0) is 17.6. The van der Waals surface area contributed by atoms with Gasteiger partial charge in [0, 0.05) is 25.4 Å². The van der Waals surface area contributed by atoms with Crippen molar-refractivity contribution in [2.45, 2.75) is 38.3 Å². The van der Waals surface area contributed by atoms with Gasteiger partial charge in [0.1, 0.15) is 17.6 Å². The number of rotatable bonds is 7. The summed E-state index contributed by atoms with van der Waals surface area (Å²) in [6, 6.07) is 9.22. The maximum Gasteiger partial charge on any atom is 0.315 e. The lowest BCUT2D eigenvalue weighted by atomic mass is 10.1. The first kappa shape index (κ1) is 17.4. The molecule has 0 radical (unpaired) electrons. The maximum atomic E-state index is 12.0. The number of nitrogens with one attached hydrogen (secondary N) is 2. The van der Waals surface area contributed by atoms with Crippen molar-refractivity contribution in [1.29, 1.82) is 0 Å². The smallest absolute Gasteiger partial charge is 0.315 e. The van der Waals surface area contributed by atoms with E-state index in [9.17, 15) is 9.90 Å². The van der Waals surface area contributed by atoms with E-state index in [1.165, 1.54) is 17.4 Å². The fraction of sp³-hybridized carbons (Fsp3) is 0.421. The number of fused-ring (bicyclic) bond motifs is 1. The molecule has 6 nitrogen and oxygen atoms in total. The van der Waals surface area contributed by atoms with Gasteiger partial charge in [0.05, 0.1) is 12.9 Å². The summed E-state index contributed by atoms with van der Waals surface area (Å²) in [5.74, 6) is 1.48. The lowest BCUT2D eigenvalue weighted by molar-refractivity contribution is 0.129. The summed E-state index contributed by atoms with van der Waals surface area (Å²) in [5.41, 5.74) is 2.42. The Balaban J connectivity index is 1.37. The van der Waals surface area contributed by atoms with Crippen molar-refractivity contribution in [2.75, 3.05) is 13.2 Å². The van der Waals surface area contributed by atoms with Gasteiger partial charge < -0.3 is 24.9 Å². The Hall–Kier alpha value is -2.47. The van der Waals surface area contributed by atoms with Gasteiger partial charge in [0.25, 0.3) is 0 Å². The predicted octanol–water partition coefficient (Wildman–Crippen LogP) is 2.57. The number of carbonyl (C=O) groups excluding carboxylic acids is 1. The van der Waals surface area contributed by atoms with Gasteiger partial charge >= 0.3 is 6.03 Å². The van der Waals surface area contributed by atoms with Crippen LogP contribution in [0, 0.1) is 0 Å². The Bertz CT molecular complexity index is 699. The highest BCUT2D eigenvalue weighted by molar-refractivity contribution is 5.74.